The van der Waals surface area contributed by atoms with Gasteiger partial charge in [0.05, 0.1) is 7.11 Å². The highest BCUT2D eigenvalue weighted by molar-refractivity contribution is 5.88. The first-order valence-corrected chi connectivity index (χ1v) is 7.15. The Morgan fingerprint density at radius 1 is 1.33 bits per heavy atom. The standard InChI is InChI=1S/C15H27NO2/c1-4-13(14(17)18-3)8-11-16-12-15(5-2)9-6-7-10-15/h8,16H,4-7,9-12H2,1-3H3. The lowest BCUT2D eigenvalue weighted by molar-refractivity contribution is -0.136. The van der Waals surface area contributed by atoms with E-state index in [1.54, 1.807) is 0 Å². The molecule has 1 fully saturated rings. The molecule has 1 saturated carbocycles. The van der Waals surface area contributed by atoms with Crippen LogP contribution in [-0.4, -0.2) is 26.2 Å². The summed E-state index contributed by atoms with van der Waals surface area (Å²) in [7, 11) is 1.43. The van der Waals surface area contributed by atoms with Gasteiger partial charge in [0.15, 0.2) is 0 Å². The van der Waals surface area contributed by atoms with Gasteiger partial charge in [0.25, 0.3) is 0 Å². The van der Waals surface area contributed by atoms with Crippen molar-refractivity contribution < 1.29 is 9.53 Å². The van der Waals surface area contributed by atoms with Crippen LogP contribution in [0, 0.1) is 5.41 Å². The fourth-order valence-electron chi connectivity index (χ4n) is 2.82. The predicted molar refractivity (Wildman–Crippen MR) is 74.5 cm³/mol. The highest BCUT2D eigenvalue weighted by atomic mass is 16.5. The number of methoxy groups -OCH3 is 1. The summed E-state index contributed by atoms with van der Waals surface area (Å²) in [5.74, 6) is -0.203. The molecule has 1 N–H and O–H groups in total. The van der Waals surface area contributed by atoms with E-state index in [0.29, 0.717) is 5.41 Å². The van der Waals surface area contributed by atoms with Gasteiger partial charge >= 0.3 is 5.97 Å². The highest BCUT2D eigenvalue weighted by Crippen LogP contribution is 2.40. The average molecular weight is 253 g/mol. The van der Waals surface area contributed by atoms with Gasteiger partial charge in [0.2, 0.25) is 0 Å². The summed E-state index contributed by atoms with van der Waals surface area (Å²) in [5, 5.41) is 3.48. The van der Waals surface area contributed by atoms with Gasteiger partial charge < -0.3 is 10.1 Å². The molecular weight excluding hydrogens is 226 g/mol. The van der Waals surface area contributed by atoms with Crippen molar-refractivity contribution in [3.05, 3.63) is 11.6 Å². The van der Waals surface area contributed by atoms with Crippen molar-refractivity contribution >= 4 is 5.97 Å². The molecule has 0 atom stereocenters. The van der Waals surface area contributed by atoms with Gasteiger partial charge in [-0.05, 0) is 31.1 Å². The summed E-state index contributed by atoms with van der Waals surface area (Å²) < 4.78 is 4.74. The Hall–Kier alpha value is -0.830. The first kappa shape index (κ1) is 15.2. The van der Waals surface area contributed by atoms with Crippen LogP contribution in [0.1, 0.15) is 52.4 Å². The number of rotatable bonds is 7. The molecule has 0 radical (unpaired) electrons. The van der Waals surface area contributed by atoms with E-state index in [1.165, 1.54) is 39.2 Å². The Labute approximate surface area is 111 Å². The molecule has 0 aromatic rings. The van der Waals surface area contributed by atoms with Crippen molar-refractivity contribution in [3.8, 4) is 0 Å². The molecule has 3 heteroatoms. The van der Waals surface area contributed by atoms with Crippen LogP contribution in [0.3, 0.4) is 0 Å². The third-order valence-corrected chi connectivity index (χ3v) is 4.24. The summed E-state index contributed by atoms with van der Waals surface area (Å²) in [4.78, 5) is 11.4. The Balaban J connectivity index is 2.36. The zero-order valence-electron chi connectivity index (χ0n) is 12.1. The quantitative estimate of drug-likeness (QED) is 0.430. The number of nitrogens with one attached hydrogen (secondary N) is 1. The van der Waals surface area contributed by atoms with E-state index in [2.05, 4.69) is 12.2 Å². The van der Waals surface area contributed by atoms with E-state index in [9.17, 15) is 4.79 Å². The molecule has 0 heterocycles. The lowest BCUT2D eigenvalue weighted by Crippen LogP contribution is -2.31. The van der Waals surface area contributed by atoms with E-state index in [4.69, 9.17) is 4.74 Å². The number of carbonyl (C=O) groups excluding carboxylic acids is 1. The van der Waals surface area contributed by atoms with Gasteiger partial charge in [-0.25, -0.2) is 4.79 Å². The molecule has 1 rings (SSSR count). The Bertz CT molecular complexity index is 291. The largest absolute Gasteiger partial charge is 0.466 e. The minimum absolute atomic E-state index is 0.203. The van der Waals surface area contributed by atoms with Crippen LogP contribution in [0.5, 0.6) is 0 Å². The molecule has 0 amide bonds. The van der Waals surface area contributed by atoms with Crippen LogP contribution in [-0.2, 0) is 9.53 Å². The molecule has 104 valence electrons. The van der Waals surface area contributed by atoms with Crippen LogP contribution < -0.4 is 5.32 Å². The maximum Gasteiger partial charge on any atom is 0.333 e. The van der Waals surface area contributed by atoms with Gasteiger partial charge in [-0.15, -0.1) is 0 Å². The van der Waals surface area contributed by atoms with E-state index < -0.39 is 0 Å². The zero-order valence-corrected chi connectivity index (χ0v) is 12.1. The second-order valence-corrected chi connectivity index (χ2v) is 5.27. The van der Waals surface area contributed by atoms with Crippen LogP contribution in [0.25, 0.3) is 0 Å². The maximum absolute atomic E-state index is 11.4. The molecule has 0 aliphatic heterocycles. The third kappa shape index (κ3) is 4.13. The maximum atomic E-state index is 11.4. The molecule has 0 spiro atoms. The molecule has 18 heavy (non-hydrogen) atoms. The number of esters is 1. The fraction of sp³-hybridized carbons (Fsp3) is 0.800. The highest BCUT2D eigenvalue weighted by Gasteiger charge is 2.31. The zero-order chi connectivity index (χ0) is 13.4. The molecule has 1 aliphatic rings. The second-order valence-electron chi connectivity index (χ2n) is 5.27. The van der Waals surface area contributed by atoms with E-state index in [0.717, 1.165) is 25.1 Å². The van der Waals surface area contributed by atoms with Crippen molar-refractivity contribution in [1.29, 1.82) is 0 Å². The Morgan fingerprint density at radius 2 is 2.00 bits per heavy atom. The smallest absolute Gasteiger partial charge is 0.333 e. The first-order valence-electron chi connectivity index (χ1n) is 7.15. The molecule has 0 saturated heterocycles. The minimum atomic E-state index is -0.203. The lowest BCUT2D eigenvalue weighted by Gasteiger charge is -2.27. The number of hydrogen-bond donors (Lipinski definition) is 1. The van der Waals surface area contributed by atoms with Crippen molar-refractivity contribution in [2.24, 2.45) is 5.41 Å². The number of ether oxygens (including phenoxy) is 1. The number of hydrogen-bond acceptors (Lipinski definition) is 3. The topological polar surface area (TPSA) is 38.3 Å². The molecule has 1 aliphatic carbocycles. The molecular formula is C15H27NO2. The van der Waals surface area contributed by atoms with Crippen molar-refractivity contribution in [1.82, 2.24) is 5.32 Å². The molecule has 0 aromatic heterocycles. The Morgan fingerprint density at radius 3 is 2.50 bits per heavy atom. The lowest BCUT2D eigenvalue weighted by atomic mass is 9.83. The Kier molecular flexibility index (Phi) is 6.41. The van der Waals surface area contributed by atoms with Gasteiger partial charge in [-0.1, -0.05) is 32.8 Å². The fourth-order valence-corrected chi connectivity index (χ4v) is 2.82. The third-order valence-electron chi connectivity index (χ3n) is 4.24. The van der Waals surface area contributed by atoms with Crippen molar-refractivity contribution in [3.63, 3.8) is 0 Å². The predicted octanol–water partition coefficient (Wildman–Crippen LogP) is 3.06. The van der Waals surface area contributed by atoms with Crippen molar-refractivity contribution in [2.45, 2.75) is 52.4 Å². The van der Waals surface area contributed by atoms with E-state index >= 15 is 0 Å². The van der Waals surface area contributed by atoms with E-state index in [-0.39, 0.29) is 5.97 Å². The van der Waals surface area contributed by atoms with Crippen LogP contribution in [0.2, 0.25) is 0 Å². The normalized spacial score (nSPS) is 18.9. The van der Waals surface area contributed by atoms with Crippen LogP contribution in [0.15, 0.2) is 11.6 Å². The van der Waals surface area contributed by atoms with Crippen molar-refractivity contribution in [2.75, 3.05) is 20.2 Å². The van der Waals surface area contributed by atoms with Gasteiger partial charge in [-0.2, -0.15) is 0 Å². The SMILES string of the molecule is CCC(=CCNCC1(CC)CCCC1)C(=O)OC. The van der Waals surface area contributed by atoms with E-state index in [1.807, 2.05) is 13.0 Å². The van der Waals surface area contributed by atoms with Gasteiger partial charge in [0.1, 0.15) is 0 Å². The minimum Gasteiger partial charge on any atom is -0.466 e. The monoisotopic (exact) mass is 253 g/mol. The number of carbonyl (C=O) groups is 1. The second kappa shape index (κ2) is 7.57. The molecule has 0 unspecified atom stereocenters. The van der Waals surface area contributed by atoms with Crippen LogP contribution >= 0.6 is 0 Å². The summed E-state index contributed by atoms with van der Waals surface area (Å²) in [5.41, 5.74) is 1.27. The summed E-state index contributed by atoms with van der Waals surface area (Å²) in [6.07, 6.45) is 9.37. The summed E-state index contributed by atoms with van der Waals surface area (Å²) >= 11 is 0. The first-order chi connectivity index (χ1) is 8.67. The molecule has 0 bridgehead atoms. The van der Waals surface area contributed by atoms with Gasteiger partial charge in [0, 0.05) is 18.7 Å². The molecule has 3 nitrogen and oxygen atoms in total. The average Bonchev–Trinajstić information content (AvgIpc) is 2.87. The van der Waals surface area contributed by atoms with Crippen LogP contribution in [0.4, 0.5) is 0 Å². The summed E-state index contributed by atoms with van der Waals surface area (Å²) in [6, 6.07) is 0. The van der Waals surface area contributed by atoms with Gasteiger partial charge in [-0.3, -0.25) is 0 Å². The summed E-state index contributed by atoms with van der Waals surface area (Å²) in [6.45, 7) is 6.10. The molecule has 0 aromatic carbocycles.